The third-order valence-corrected chi connectivity index (χ3v) is 6.68. The molecule has 4 rings (SSSR count). The minimum atomic E-state index is 0. The van der Waals surface area contributed by atoms with Crippen LogP contribution in [0.4, 0.5) is 0 Å². The first-order chi connectivity index (χ1) is 11.7. The molecule has 1 saturated carbocycles. The Morgan fingerprint density at radius 2 is 1.96 bits per heavy atom. The first-order valence-electron chi connectivity index (χ1n) is 9.75. The molecule has 2 aliphatic carbocycles. The number of likely N-dealkylation sites (tertiary alicyclic amines) is 1. The van der Waals surface area contributed by atoms with Gasteiger partial charge in [0.05, 0.1) is 6.04 Å². The van der Waals surface area contributed by atoms with Crippen molar-refractivity contribution in [1.82, 2.24) is 10.2 Å². The summed E-state index contributed by atoms with van der Waals surface area (Å²) in [6.07, 6.45) is 9.33. The van der Waals surface area contributed by atoms with Gasteiger partial charge in [0.1, 0.15) is 0 Å². The van der Waals surface area contributed by atoms with E-state index in [2.05, 4.69) is 34.5 Å². The summed E-state index contributed by atoms with van der Waals surface area (Å²) in [6, 6.07) is 9.02. The monoisotopic (exact) mass is 328 g/mol. The molecule has 2 fully saturated rings. The van der Waals surface area contributed by atoms with Gasteiger partial charge in [-0.05, 0) is 62.2 Å². The van der Waals surface area contributed by atoms with E-state index in [1.165, 1.54) is 69.3 Å². The van der Waals surface area contributed by atoms with Crippen LogP contribution in [0.1, 0.15) is 70.5 Å². The van der Waals surface area contributed by atoms with Crippen molar-refractivity contribution in [3.63, 3.8) is 0 Å². The normalized spacial score (nSPS) is 26.6. The lowest BCUT2D eigenvalue weighted by Crippen LogP contribution is -2.43. The number of amides is 1. The molecule has 0 unspecified atom stereocenters. The molecule has 1 amide bonds. The number of fused-ring (bicyclic) bond motifs is 2. The number of benzene rings is 1. The lowest BCUT2D eigenvalue weighted by atomic mass is 9.73. The topological polar surface area (TPSA) is 32.3 Å². The van der Waals surface area contributed by atoms with Crippen LogP contribution in [-0.2, 0) is 10.2 Å². The predicted molar refractivity (Wildman–Crippen MR) is 99.0 cm³/mol. The van der Waals surface area contributed by atoms with Gasteiger partial charge in [0.15, 0.2) is 0 Å². The van der Waals surface area contributed by atoms with E-state index in [0.29, 0.717) is 0 Å². The van der Waals surface area contributed by atoms with Crippen LogP contribution in [-0.4, -0.2) is 30.4 Å². The molecule has 3 nitrogen and oxygen atoms in total. The fourth-order valence-corrected chi connectivity index (χ4v) is 5.46. The molecule has 1 aromatic rings. The minimum Gasteiger partial charge on any atom is -0.349 e. The van der Waals surface area contributed by atoms with Gasteiger partial charge in [-0.3, -0.25) is 4.79 Å². The fraction of sp³-hybridized carbons (Fsp3) is 0.667. The van der Waals surface area contributed by atoms with E-state index < -0.39 is 0 Å². The van der Waals surface area contributed by atoms with Gasteiger partial charge in [-0.2, -0.15) is 0 Å². The van der Waals surface area contributed by atoms with Crippen molar-refractivity contribution < 1.29 is 6.22 Å². The van der Waals surface area contributed by atoms with Gasteiger partial charge >= 0.3 is 0 Å². The molecule has 1 heterocycles. The van der Waals surface area contributed by atoms with Gasteiger partial charge in [0.25, 0.3) is 0 Å². The summed E-state index contributed by atoms with van der Waals surface area (Å²) in [5.74, 6) is 1.03. The first kappa shape index (κ1) is 16.1. The van der Waals surface area contributed by atoms with E-state index in [0.717, 1.165) is 12.3 Å². The van der Waals surface area contributed by atoms with Gasteiger partial charge < -0.3 is 10.2 Å². The molecule has 0 bridgehead atoms. The molecule has 1 aliphatic heterocycles. The van der Waals surface area contributed by atoms with Gasteiger partial charge in [-0.1, -0.05) is 37.1 Å². The summed E-state index contributed by atoms with van der Waals surface area (Å²) in [4.78, 5) is 14.3. The SMILES string of the molecule is CC(=O)N[C@H]1CC2(CCN(CC3CCCC3)CC2)c2ccccc21.[HH]. The maximum absolute atomic E-state index is 11.6. The molecule has 132 valence electrons. The Bertz CT molecular complexity index is 604. The van der Waals surface area contributed by atoms with E-state index in [4.69, 9.17) is 0 Å². The maximum Gasteiger partial charge on any atom is 0.217 e. The Kier molecular flexibility index (Phi) is 4.38. The molecule has 1 spiro atoms. The second kappa shape index (κ2) is 6.51. The number of hydrogen-bond donors (Lipinski definition) is 1. The molecular weight excluding hydrogens is 296 g/mol. The average molecular weight is 328 g/mol. The largest absolute Gasteiger partial charge is 0.349 e. The summed E-state index contributed by atoms with van der Waals surface area (Å²) in [5.41, 5.74) is 3.15. The summed E-state index contributed by atoms with van der Waals surface area (Å²) in [5, 5.41) is 3.19. The van der Waals surface area contributed by atoms with Crippen LogP contribution in [0.5, 0.6) is 0 Å². The van der Waals surface area contributed by atoms with Gasteiger partial charge in [-0.25, -0.2) is 0 Å². The number of carbonyl (C=O) groups excluding carboxylic acids is 1. The number of carbonyl (C=O) groups is 1. The van der Waals surface area contributed by atoms with Crippen LogP contribution in [0, 0.1) is 5.92 Å². The first-order valence-corrected chi connectivity index (χ1v) is 9.75. The highest BCUT2D eigenvalue weighted by Crippen LogP contribution is 2.50. The Morgan fingerprint density at radius 1 is 1.25 bits per heavy atom. The zero-order chi connectivity index (χ0) is 16.6. The number of hydrogen-bond acceptors (Lipinski definition) is 2. The highest BCUT2D eigenvalue weighted by molar-refractivity contribution is 5.73. The van der Waals surface area contributed by atoms with E-state index >= 15 is 0 Å². The van der Waals surface area contributed by atoms with Crippen molar-refractivity contribution in [3.05, 3.63) is 35.4 Å². The molecule has 1 aromatic carbocycles. The number of piperidine rings is 1. The van der Waals surface area contributed by atoms with Crippen molar-refractivity contribution in [2.24, 2.45) is 5.92 Å². The maximum atomic E-state index is 11.6. The number of rotatable bonds is 3. The van der Waals surface area contributed by atoms with Crippen molar-refractivity contribution in [3.8, 4) is 0 Å². The molecule has 3 heteroatoms. The highest BCUT2D eigenvalue weighted by Gasteiger charge is 2.45. The highest BCUT2D eigenvalue weighted by atomic mass is 16.1. The van der Waals surface area contributed by atoms with Crippen LogP contribution >= 0.6 is 0 Å². The van der Waals surface area contributed by atoms with E-state index in [-0.39, 0.29) is 18.8 Å². The Hall–Kier alpha value is -1.35. The van der Waals surface area contributed by atoms with Gasteiger partial charge in [-0.15, -0.1) is 0 Å². The zero-order valence-electron chi connectivity index (χ0n) is 14.9. The second-order valence-corrected chi connectivity index (χ2v) is 8.28. The van der Waals surface area contributed by atoms with Crippen LogP contribution < -0.4 is 5.32 Å². The van der Waals surface area contributed by atoms with Crippen molar-refractivity contribution >= 4 is 5.91 Å². The molecule has 24 heavy (non-hydrogen) atoms. The van der Waals surface area contributed by atoms with Gasteiger partial charge in [0.2, 0.25) is 5.91 Å². The van der Waals surface area contributed by atoms with E-state index in [9.17, 15) is 4.79 Å². The molecular formula is C21H32N2O. The van der Waals surface area contributed by atoms with Crippen molar-refractivity contribution in [2.75, 3.05) is 19.6 Å². The average Bonchev–Trinajstić information content (AvgIpc) is 3.18. The van der Waals surface area contributed by atoms with Crippen LogP contribution in [0.25, 0.3) is 0 Å². The molecule has 3 aliphatic rings. The quantitative estimate of drug-likeness (QED) is 0.908. The molecule has 0 aromatic heterocycles. The zero-order valence-corrected chi connectivity index (χ0v) is 14.9. The summed E-state index contributed by atoms with van der Waals surface area (Å²) in [7, 11) is 0. The number of nitrogens with zero attached hydrogens (tertiary/aromatic N) is 1. The van der Waals surface area contributed by atoms with Crippen LogP contribution in [0.15, 0.2) is 24.3 Å². The molecule has 1 saturated heterocycles. The predicted octanol–water partition coefficient (Wildman–Crippen LogP) is 4.04. The summed E-state index contributed by atoms with van der Waals surface area (Å²) in [6.45, 7) is 5.39. The van der Waals surface area contributed by atoms with E-state index in [1.807, 2.05) is 0 Å². The molecule has 1 atom stereocenters. The molecule has 1 N–H and O–H groups in total. The van der Waals surface area contributed by atoms with Crippen LogP contribution in [0.2, 0.25) is 0 Å². The molecule has 0 radical (unpaired) electrons. The fourth-order valence-electron chi connectivity index (χ4n) is 5.46. The Balaban J connectivity index is 0.00000182. The third-order valence-electron chi connectivity index (χ3n) is 6.68. The van der Waals surface area contributed by atoms with Crippen LogP contribution in [0.3, 0.4) is 0 Å². The smallest absolute Gasteiger partial charge is 0.217 e. The second-order valence-electron chi connectivity index (χ2n) is 8.28. The third kappa shape index (κ3) is 2.99. The van der Waals surface area contributed by atoms with Crippen molar-refractivity contribution in [2.45, 2.75) is 63.3 Å². The number of nitrogens with one attached hydrogen (secondary N) is 1. The summed E-state index contributed by atoms with van der Waals surface area (Å²) >= 11 is 0. The minimum absolute atomic E-state index is 0. The Labute approximate surface area is 147 Å². The Morgan fingerprint density at radius 3 is 2.67 bits per heavy atom. The van der Waals surface area contributed by atoms with E-state index in [1.54, 1.807) is 6.92 Å². The van der Waals surface area contributed by atoms with Gasteiger partial charge in [0, 0.05) is 20.3 Å². The summed E-state index contributed by atoms with van der Waals surface area (Å²) < 4.78 is 0. The van der Waals surface area contributed by atoms with Crippen molar-refractivity contribution in [1.29, 1.82) is 0 Å². The standard InChI is InChI=1S/C21H30N2O.H2/c1-16(24)22-20-14-21(19-9-5-4-8-18(19)20)10-12-23(13-11-21)15-17-6-2-3-7-17;/h4-5,8-9,17,20H,2-3,6-7,10-15H2,1H3,(H,22,24);1H/t20-;/m0./s1. The lowest BCUT2D eigenvalue weighted by molar-refractivity contribution is -0.119. The lowest BCUT2D eigenvalue weighted by Gasteiger charge is -2.41.